The van der Waals surface area contributed by atoms with E-state index < -0.39 is 0 Å². The fraction of sp³-hybridized carbons (Fsp3) is 0.250. The van der Waals surface area contributed by atoms with E-state index in [1.54, 1.807) is 10.6 Å². The number of phenols is 2. The average Bonchev–Trinajstić information content (AvgIpc) is 3.01. The van der Waals surface area contributed by atoms with Crippen molar-refractivity contribution in [1.82, 2.24) is 24.8 Å². The molecule has 9 heteroatoms. The fourth-order valence-corrected chi connectivity index (χ4v) is 2.47. The summed E-state index contributed by atoms with van der Waals surface area (Å²) in [6.45, 7) is 0.715. The second-order valence-electron chi connectivity index (χ2n) is 5.51. The van der Waals surface area contributed by atoms with E-state index in [-0.39, 0.29) is 29.4 Å². The molecule has 4 N–H and O–H groups in total. The van der Waals surface area contributed by atoms with Crippen molar-refractivity contribution in [3.63, 3.8) is 0 Å². The summed E-state index contributed by atoms with van der Waals surface area (Å²) >= 11 is 0. The van der Waals surface area contributed by atoms with Crippen LogP contribution < -0.4 is 10.9 Å². The van der Waals surface area contributed by atoms with Crippen molar-refractivity contribution in [2.75, 3.05) is 6.54 Å². The molecule has 2 heterocycles. The smallest absolute Gasteiger partial charge is 0.276 e. The molecule has 0 bridgehead atoms. The van der Waals surface area contributed by atoms with Crippen molar-refractivity contribution in [3.8, 4) is 11.5 Å². The molecule has 2 aromatic heterocycles. The van der Waals surface area contributed by atoms with Crippen molar-refractivity contribution >= 4 is 17.1 Å². The third-order valence-corrected chi connectivity index (χ3v) is 3.77. The summed E-state index contributed by atoms with van der Waals surface area (Å²) in [6, 6.07) is 4.54. The molecular weight excluding hydrogens is 326 g/mol. The van der Waals surface area contributed by atoms with Gasteiger partial charge < -0.3 is 25.1 Å². The average molecular weight is 343 g/mol. The first-order chi connectivity index (χ1) is 12.0. The number of nitrogens with one attached hydrogen (secondary N) is 2. The number of H-pyrrole nitrogens is 1. The highest BCUT2D eigenvalue weighted by molar-refractivity contribution is 5.76. The Morgan fingerprint density at radius 3 is 2.88 bits per heavy atom. The molecule has 25 heavy (non-hydrogen) atoms. The van der Waals surface area contributed by atoms with Gasteiger partial charge in [0, 0.05) is 19.5 Å². The van der Waals surface area contributed by atoms with Crippen LogP contribution in [0.5, 0.6) is 11.5 Å². The van der Waals surface area contributed by atoms with Gasteiger partial charge in [-0.15, -0.1) is 0 Å². The molecule has 130 valence electrons. The molecule has 3 rings (SSSR count). The molecule has 1 amide bonds. The number of imidazole rings is 1. The summed E-state index contributed by atoms with van der Waals surface area (Å²) in [4.78, 5) is 34.2. The maximum absolute atomic E-state index is 11.9. The number of fused-ring (bicyclic) bond motifs is 1. The zero-order valence-electron chi connectivity index (χ0n) is 13.3. The maximum Gasteiger partial charge on any atom is 0.276 e. The minimum Gasteiger partial charge on any atom is -0.504 e. The second kappa shape index (κ2) is 7.04. The number of aromatic hydroxyl groups is 2. The molecule has 0 saturated heterocycles. The van der Waals surface area contributed by atoms with Gasteiger partial charge in [0.1, 0.15) is 0 Å². The first-order valence-corrected chi connectivity index (χ1v) is 7.70. The van der Waals surface area contributed by atoms with E-state index >= 15 is 0 Å². The van der Waals surface area contributed by atoms with Crippen LogP contribution in [0.4, 0.5) is 0 Å². The van der Waals surface area contributed by atoms with Gasteiger partial charge in [0.15, 0.2) is 22.7 Å². The zero-order valence-corrected chi connectivity index (χ0v) is 13.3. The van der Waals surface area contributed by atoms with Gasteiger partial charge in [-0.3, -0.25) is 9.59 Å². The number of hydrogen-bond acceptors (Lipinski definition) is 6. The van der Waals surface area contributed by atoms with E-state index in [0.717, 1.165) is 5.56 Å². The van der Waals surface area contributed by atoms with Gasteiger partial charge in [-0.25, -0.2) is 9.97 Å². The lowest BCUT2D eigenvalue weighted by Crippen LogP contribution is -2.26. The van der Waals surface area contributed by atoms with E-state index in [1.807, 2.05) is 0 Å². The predicted octanol–water partition coefficient (Wildman–Crippen LogP) is 0.280. The molecule has 9 nitrogen and oxygen atoms in total. The van der Waals surface area contributed by atoms with Gasteiger partial charge in [0.05, 0.1) is 12.7 Å². The highest BCUT2D eigenvalue weighted by atomic mass is 16.3. The van der Waals surface area contributed by atoms with Crippen molar-refractivity contribution < 1.29 is 15.0 Å². The second-order valence-corrected chi connectivity index (χ2v) is 5.51. The number of aromatic nitrogens is 4. The summed E-state index contributed by atoms with van der Waals surface area (Å²) in [5.74, 6) is -0.523. The van der Waals surface area contributed by atoms with Crippen LogP contribution in [0, 0.1) is 0 Å². The monoisotopic (exact) mass is 343 g/mol. The largest absolute Gasteiger partial charge is 0.504 e. The normalized spacial score (nSPS) is 10.9. The highest BCUT2D eigenvalue weighted by Crippen LogP contribution is 2.24. The molecule has 0 unspecified atom stereocenters. The number of phenolic OH excluding ortho intramolecular Hbond substituents is 2. The number of aromatic amines is 1. The summed E-state index contributed by atoms with van der Waals surface area (Å²) < 4.78 is 1.60. The summed E-state index contributed by atoms with van der Waals surface area (Å²) in [6.07, 6.45) is 3.49. The Labute approximate surface area is 142 Å². The molecule has 3 aromatic rings. The van der Waals surface area contributed by atoms with E-state index in [0.29, 0.717) is 30.7 Å². The number of benzene rings is 1. The van der Waals surface area contributed by atoms with Gasteiger partial charge in [0.25, 0.3) is 5.56 Å². The molecule has 0 aliphatic heterocycles. The van der Waals surface area contributed by atoms with Gasteiger partial charge >= 0.3 is 0 Å². The SMILES string of the molecule is O=C(CCn1cnc2nc[nH]c(=O)c21)NCCc1ccc(O)c(O)c1. The first-order valence-electron chi connectivity index (χ1n) is 7.70. The Kier molecular flexibility index (Phi) is 4.64. The molecule has 0 aliphatic rings. The van der Waals surface area contributed by atoms with E-state index in [9.17, 15) is 19.8 Å². The Bertz CT molecular complexity index is 963. The molecule has 1 aromatic carbocycles. The zero-order chi connectivity index (χ0) is 17.8. The highest BCUT2D eigenvalue weighted by Gasteiger charge is 2.09. The van der Waals surface area contributed by atoms with Crippen LogP contribution in [0.25, 0.3) is 11.2 Å². The minimum atomic E-state index is -0.296. The van der Waals surface area contributed by atoms with Crippen LogP contribution in [-0.2, 0) is 17.8 Å². The number of carbonyl (C=O) groups is 1. The number of hydrogen-bond donors (Lipinski definition) is 4. The van der Waals surface area contributed by atoms with Crippen LogP contribution >= 0.6 is 0 Å². The maximum atomic E-state index is 11.9. The third-order valence-electron chi connectivity index (χ3n) is 3.77. The lowest BCUT2D eigenvalue weighted by molar-refractivity contribution is -0.121. The number of aryl methyl sites for hydroxylation is 1. The lowest BCUT2D eigenvalue weighted by Gasteiger charge is -2.07. The number of carbonyl (C=O) groups excluding carboxylic acids is 1. The molecule has 0 fully saturated rings. The third kappa shape index (κ3) is 3.77. The summed E-state index contributed by atoms with van der Waals surface area (Å²) in [5.41, 5.74) is 1.19. The van der Waals surface area contributed by atoms with E-state index in [4.69, 9.17) is 0 Å². The van der Waals surface area contributed by atoms with E-state index in [2.05, 4.69) is 20.3 Å². The first kappa shape index (κ1) is 16.5. The molecule has 0 spiro atoms. The Morgan fingerprint density at radius 1 is 1.24 bits per heavy atom. The van der Waals surface area contributed by atoms with E-state index in [1.165, 1.54) is 24.8 Å². The topological polar surface area (TPSA) is 133 Å². The van der Waals surface area contributed by atoms with Crippen LogP contribution in [0.3, 0.4) is 0 Å². The molecule has 0 atom stereocenters. The van der Waals surface area contributed by atoms with Gasteiger partial charge in [-0.2, -0.15) is 0 Å². The van der Waals surface area contributed by atoms with Gasteiger partial charge in [-0.1, -0.05) is 6.07 Å². The minimum absolute atomic E-state index is 0.162. The molecule has 0 aliphatic carbocycles. The van der Waals surface area contributed by atoms with Crippen LogP contribution in [0.2, 0.25) is 0 Å². The summed E-state index contributed by atoms with van der Waals surface area (Å²) in [7, 11) is 0. The van der Waals surface area contributed by atoms with Gasteiger partial charge in [-0.05, 0) is 24.1 Å². The van der Waals surface area contributed by atoms with Crippen LogP contribution in [0.15, 0.2) is 35.6 Å². The molecule has 0 saturated carbocycles. The van der Waals surface area contributed by atoms with Crippen LogP contribution in [-0.4, -0.2) is 42.2 Å². The molecular formula is C16H17N5O4. The van der Waals surface area contributed by atoms with Crippen molar-refractivity contribution in [2.24, 2.45) is 0 Å². The number of rotatable bonds is 6. The summed E-state index contributed by atoms with van der Waals surface area (Å²) in [5, 5.41) is 21.5. The Morgan fingerprint density at radius 2 is 2.08 bits per heavy atom. The Hall–Kier alpha value is -3.36. The fourth-order valence-electron chi connectivity index (χ4n) is 2.47. The quantitative estimate of drug-likeness (QED) is 0.475. The van der Waals surface area contributed by atoms with Crippen molar-refractivity contribution in [3.05, 3.63) is 46.8 Å². The van der Waals surface area contributed by atoms with Crippen molar-refractivity contribution in [1.29, 1.82) is 0 Å². The standard InChI is InChI=1S/C16H17N5O4/c22-11-2-1-10(7-12(11)23)3-5-17-13(24)4-6-21-9-20-15-14(21)16(25)19-8-18-15/h1-2,7-9,22-23H,3-6H2,(H,17,24)(H,18,19,25). The number of nitrogens with zero attached hydrogens (tertiary/aromatic N) is 3. The lowest BCUT2D eigenvalue weighted by atomic mass is 10.1. The van der Waals surface area contributed by atoms with Crippen LogP contribution in [0.1, 0.15) is 12.0 Å². The predicted molar refractivity (Wildman–Crippen MR) is 89.3 cm³/mol. The Balaban J connectivity index is 1.51. The van der Waals surface area contributed by atoms with Crippen molar-refractivity contribution in [2.45, 2.75) is 19.4 Å². The molecule has 0 radical (unpaired) electrons. The number of amides is 1. The van der Waals surface area contributed by atoms with Gasteiger partial charge in [0.2, 0.25) is 5.91 Å².